The minimum atomic E-state index is -0.828. The fourth-order valence-electron chi connectivity index (χ4n) is 1.95. The Balaban J connectivity index is 2.07. The van der Waals surface area contributed by atoms with Crippen molar-refractivity contribution in [3.63, 3.8) is 0 Å². The summed E-state index contributed by atoms with van der Waals surface area (Å²) in [5.41, 5.74) is 2.24. The normalized spacial score (nSPS) is 10.9. The second-order valence-electron chi connectivity index (χ2n) is 4.50. The van der Waals surface area contributed by atoms with E-state index in [1.54, 1.807) is 0 Å². The van der Waals surface area contributed by atoms with Crippen molar-refractivity contribution in [2.75, 3.05) is 5.75 Å². The Kier molecular flexibility index (Phi) is 4.84. The zero-order chi connectivity index (χ0) is 14.5. The summed E-state index contributed by atoms with van der Waals surface area (Å²) in [6.07, 6.45) is 6.51. The van der Waals surface area contributed by atoms with Crippen molar-refractivity contribution >= 4 is 17.7 Å². The quantitative estimate of drug-likeness (QED) is 0.789. The van der Waals surface area contributed by atoms with Gasteiger partial charge in [-0.05, 0) is 18.9 Å². The highest BCUT2D eigenvalue weighted by Gasteiger charge is 2.11. The van der Waals surface area contributed by atoms with Crippen LogP contribution in [0.15, 0.2) is 23.7 Å². The van der Waals surface area contributed by atoms with Gasteiger partial charge in [0.25, 0.3) is 0 Å². The summed E-state index contributed by atoms with van der Waals surface area (Å²) in [5.74, 6) is -0.800. The molecule has 0 amide bonds. The molecule has 6 nitrogen and oxygen atoms in total. The van der Waals surface area contributed by atoms with E-state index in [4.69, 9.17) is 5.11 Å². The van der Waals surface area contributed by atoms with Crippen LogP contribution in [0, 0.1) is 6.92 Å². The number of carbonyl (C=O) groups is 1. The Labute approximate surface area is 121 Å². The standard InChI is InChI=1S/C13H18N4O2S/c1-3-11-7-14-13(20-9-12(18)19)17(11)5-4-16-8-10(2)6-15-16/h6-8H,3-5,9H2,1-2H3,(H,18,19). The molecular formula is C13H18N4O2S. The first-order valence-electron chi connectivity index (χ1n) is 6.48. The Hall–Kier alpha value is -1.76. The van der Waals surface area contributed by atoms with Crippen LogP contribution in [0.25, 0.3) is 0 Å². The minimum absolute atomic E-state index is 0.0288. The van der Waals surface area contributed by atoms with Gasteiger partial charge in [0.1, 0.15) is 0 Å². The van der Waals surface area contributed by atoms with E-state index in [2.05, 4.69) is 21.6 Å². The third-order valence-corrected chi connectivity index (χ3v) is 3.88. The maximum atomic E-state index is 10.7. The minimum Gasteiger partial charge on any atom is -0.481 e. The van der Waals surface area contributed by atoms with Crippen molar-refractivity contribution in [2.24, 2.45) is 0 Å². The summed E-state index contributed by atoms with van der Waals surface area (Å²) in [5, 5.41) is 13.8. The van der Waals surface area contributed by atoms with Crippen molar-refractivity contribution in [3.8, 4) is 0 Å². The van der Waals surface area contributed by atoms with Crippen LogP contribution in [0.1, 0.15) is 18.2 Å². The number of hydrogen-bond donors (Lipinski definition) is 1. The van der Waals surface area contributed by atoms with Gasteiger partial charge in [-0.2, -0.15) is 5.10 Å². The SMILES string of the molecule is CCc1cnc(SCC(=O)O)n1CCn1cc(C)cn1. The average Bonchev–Trinajstić information content (AvgIpc) is 2.99. The van der Waals surface area contributed by atoms with E-state index in [1.807, 2.05) is 30.2 Å². The van der Waals surface area contributed by atoms with Crippen LogP contribution in [0.4, 0.5) is 0 Å². The van der Waals surface area contributed by atoms with Gasteiger partial charge in [0.15, 0.2) is 5.16 Å². The predicted molar refractivity (Wildman–Crippen MR) is 76.9 cm³/mol. The monoisotopic (exact) mass is 294 g/mol. The summed E-state index contributed by atoms with van der Waals surface area (Å²) in [6, 6.07) is 0. The molecule has 0 saturated heterocycles. The number of imidazole rings is 1. The van der Waals surface area contributed by atoms with Gasteiger partial charge in [0, 0.05) is 24.6 Å². The molecule has 0 spiro atoms. The topological polar surface area (TPSA) is 72.9 Å². The highest BCUT2D eigenvalue weighted by atomic mass is 32.2. The molecular weight excluding hydrogens is 276 g/mol. The fraction of sp³-hybridized carbons (Fsp3) is 0.462. The molecule has 2 rings (SSSR count). The molecule has 0 aromatic carbocycles. The number of hydrogen-bond acceptors (Lipinski definition) is 4. The zero-order valence-electron chi connectivity index (χ0n) is 11.6. The van der Waals surface area contributed by atoms with Gasteiger partial charge in [0.05, 0.1) is 18.5 Å². The lowest BCUT2D eigenvalue weighted by molar-refractivity contribution is -0.133. The smallest absolute Gasteiger partial charge is 0.313 e. The molecule has 1 N–H and O–H groups in total. The second-order valence-corrected chi connectivity index (χ2v) is 5.44. The van der Waals surface area contributed by atoms with E-state index in [9.17, 15) is 4.79 Å². The lowest BCUT2D eigenvalue weighted by Gasteiger charge is -2.10. The zero-order valence-corrected chi connectivity index (χ0v) is 12.4. The lowest BCUT2D eigenvalue weighted by Crippen LogP contribution is -2.11. The highest BCUT2D eigenvalue weighted by Crippen LogP contribution is 2.19. The molecule has 0 unspecified atom stereocenters. The molecule has 0 atom stereocenters. The van der Waals surface area contributed by atoms with E-state index >= 15 is 0 Å². The van der Waals surface area contributed by atoms with Gasteiger partial charge in [-0.25, -0.2) is 4.98 Å². The lowest BCUT2D eigenvalue weighted by atomic mass is 10.3. The molecule has 0 radical (unpaired) electrons. The summed E-state index contributed by atoms with van der Waals surface area (Å²) in [6.45, 7) is 5.56. The first-order chi connectivity index (χ1) is 9.60. The van der Waals surface area contributed by atoms with Gasteiger partial charge in [-0.3, -0.25) is 9.48 Å². The molecule has 0 aliphatic heterocycles. The number of aryl methyl sites for hydroxylation is 3. The van der Waals surface area contributed by atoms with Crippen LogP contribution in [0.3, 0.4) is 0 Å². The molecule has 108 valence electrons. The number of nitrogens with zero attached hydrogens (tertiary/aromatic N) is 4. The Morgan fingerprint density at radius 3 is 2.80 bits per heavy atom. The predicted octanol–water partition coefficient (Wildman–Crippen LogP) is 1.83. The van der Waals surface area contributed by atoms with Crippen LogP contribution >= 0.6 is 11.8 Å². The van der Waals surface area contributed by atoms with Gasteiger partial charge >= 0.3 is 5.97 Å². The van der Waals surface area contributed by atoms with Crippen molar-refractivity contribution < 1.29 is 9.90 Å². The number of thioether (sulfide) groups is 1. The Bertz CT molecular complexity index is 591. The van der Waals surface area contributed by atoms with Crippen LogP contribution < -0.4 is 0 Å². The fourth-order valence-corrected chi connectivity index (χ4v) is 2.69. The van der Waals surface area contributed by atoms with E-state index in [1.165, 1.54) is 11.8 Å². The summed E-state index contributed by atoms with van der Waals surface area (Å²) >= 11 is 1.25. The van der Waals surface area contributed by atoms with Crippen LogP contribution in [0.5, 0.6) is 0 Å². The third-order valence-electron chi connectivity index (χ3n) is 2.90. The van der Waals surface area contributed by atoms with E-state index < -0.39 is 5.97 Å². The first-order valence-corrected chi connectivity index (χ1v) is 7.46. The molecule has 0 fully saturated rings. The molecule has 0 aliphatic carbocycles. The third kappa shape index (κ3) is 3.63. The van der Waals surface area contributed by atoms with Crippen LogP contribution in [0.2, 0.25) is 0 Å². The van der Waals surface area contributed by atoms with Gasteiger partial charge < -0.3 is 9.67 Å². The molecule has 7 heteroatoms. The Morgan fingerprint density at radius 1 is 1.40 bits per heavy atom. The largest absolute Gasteiger partial charge is 0.481 e. The van der Waals surface area contributed by atoms with E-state index in [-0.39, 0.29) is 5.75 Å². The first kappa shape index (κ1) is 14.6. The van der Waals surface area contributed by atoms with Crippen molar-refractivity contribution in [3.05, 3.63) is 29.8 Å². The summed E-state index contributed by atoms with van der Waals surface area (Å²) < 4.78 is 3.96. The molecule has 0 bridgehead atoms. The van der Waals surface area contributed by atoms with E-state index in [0.29, 0.717) is 0 Å². The molecule has 2 aromatic rings. The summed E-state index contributed by atoms with van der Waals surface area (Å²) in [7, 11) is 0. The molecule has 20 heavy (non-hydrogen) atoms. The number of rotatable bonds is 7. The highest BCUT2D eigenvalue weighted by molar-refractivity contribution is 7.99. The second kappa shape index (κ2) is 6.60. The van der Waals surface area contributed by atoms with Crippen LogP contribution in [-0.2, 0) is 24.3 Å². The maximum absolute atomic E-state index is 10.7. The Morgan fingerprint density at radius 2 is 2.20 bits per heavy atom. The van der Waals surface area contributed by atoms with Crippen molar-refractivity contribution in [2.45, 2.75) is 38.5 Å². The van der Waals surface area contributed by atoms with E-state index in [0.717, 1.165) is 35.9 Å². The average molecular weight is 294 g/mol. The molecule has 2 aromatic heterocycles. The maximum Gasteiger partial charge on any atom is 0.313 e. The van der Waals surface area contributed by atoms with Gasteiger partial charge in [0.2, 0.25) is 0 Å². The summed E-state index contributed by atoms with van der Waals surface area (Å²) in [4.78, 5) is 15.0. The number of aromatic nitrogens is 4. The van der Waals surface area contributed by atoms with Crippen molar-refractivity contribution in [1.29, 1.82) is 0 Å². The molecule has 2 heterocycles. The number of carboxylic acids is 1. The number of carboxylic acid groups (broad SMARTS) is 1. The van der Waals surface area contributed by atoms with Crippen LogP contribution in [-0.4, -0.2) is 36.2 Å². The van der Waals surface area contributed by atoms with Crippen molar-refractivity contribution in [1.82, 2.24) is 19.3 Å². The van der Waals surface area contributed by atoms with Gasteiger partial charge in [-0.15, -0.1) is 0 Å². The molecule has 0 aliphatic rings. The number of aliphatic carboxylic acids is 1. The molecule has 0 saturated carbocycles. The van der Waals surface area contributed by atoms with Gasteiger partial charge in [-0.1, -0.05) is 18.7 Å².